The van der Waals surface area contributed by atoms with E-state index >= 15 is 0 Å². The number of pyridine rings is 1. The van der Waals surface area contributed by atoms with Crippen LogP contribution < -0.4 is 5.56 Å². The van der Waals surface area contributed by atoms with Gasteiger partial charge in [-0.15, -0.1) is 11.3 Å². The van der Waals surface area contributed by atoms with E-state index in [1.807, 2.05) is 29.5 Å². The summed E-state index contributed by atoms with van der Waals surface area (Å²) in [6, 6.07) is 5.64. The van der Waals surface area contributed by atoms with Crippen LogP contribution in [0.5, 0.6) is 0 Å². The molecule has 1 saturated carbocycles. The number of carbonyl (C=O) groups excluding carboxylic acids is 2. The van der Waals surface area contributed by atoms with Crippen molar-refractivity contribution in [3.05, 3.63) is 39.5 Å². The van der Waals surface area contributed by atoms with Crippen molar-refractivity contribution >= 4 is 46.0 Å². The number of thiophene rings is 1. The van der Waals surface area contributed by atoms with Crippen LogP contribution in [0.1, 0.15) is 42.5 Å². The maximum atomic E-state index is 12.9. The number of esters is 1. The van der Waals surface area contributed by atoms with Crippen LogP contribution in [0.15, 0.2) is 33.5 Å². The number of fused-ring (bicyclic) bond motifs is 1. The molecule has 8 nitrogen and oxygen atoms in total. The van der Waals surface area contributed by atoms with Gasteiger partial charge in [-0.1, -0.05) is 37.1 Å². The largest absolute Gasteiger partial charge is 0.465 e. The molecule has 0 saturated heterocycles. The third-order valence-electron chi connectivity index (χ3n) is 6.04. The number of rotatable bonds is 6. The number of aromatic nitrogens is 3. The van der Waals surface area contributed by atoms with Gasteiger partial charge in [0.1, 0.15) is 5.65 Å². The Morgan fingerprint density at radius 1 is 1.27 bits per heavy atom. The predicted molar refractivity (Wildman–Crippen MR) is 130 cm³/mol. The first-order valence-electron chi connectivity index (χ1n) is 10.8. The summed E-state index contributed by atoms with van der Waals surface area (Å²) in [5.41, 5.74) is 0.466. The quantitative estimate of drug-likeness (QED) is 0.298. The Morgan fingerprint density at radius 2 is 2.03 bits per heavy atom. The smallest absolute Gasteiger partial charge is 0.338 e. The summed E-state index contributed by atoms with van der Waals surface area (Å²) in [5.74, 6) is -0.437. The fraction of sp³-hybridized carbons (Fsp3) is 0.435. The fourth-order valence-corrected chi connectivity index (χ4v) is 5.71. The molecule has 1 aliphatic carbocycles. The zero-order valence-electron chi connectivity index (χ0n) is 18.9. The van der Waals surface area contributed by atoms with Crippen LogP contribution in [-0.4, -0.2) is 57.3 Å². The molecule has 33 heavy (non-hydrogen) atoms. The van der Waals surface area contributed by atoms with Gasteiger partial charge in [0, 0.05) is 20.1 Å². The second kappa shape index (κ2) is 10.0. The monoisotopic (exact) mass is 486 g/mol. The molecular weight excluding hydrogens is 460 g/mol. The number of ether oxygens (including phenoxy) is 1. The minimum Gasteiger partial charge on any atom is -0.465 e. The highest BCUT2D eigenvalue weighted by Crippen LogP contribution is 2.28. The molecule has 1 aliphatic rings. The molecule has 1 fully saturated rings. The standard InChI is InChI=1S/C23H26N4O4S2/c1-26(14-8-5-4-6-9-14)18(28)13-33-23-25-21(29)19-15(22(30)31-3)12-16(17-10-7-11-32-17)24-20(19)27(23)2/h7,10-12,14H,4-6,8-9,13H2,1-3H3. The molecule has 0 N–H and O–H groups in total. The summed E-state index contributed by atoms with van der Waals surface area (Å²) in [4.78, 5) is 49.7. The van der Waals surface area contributed by atoms with Crippen molar-refractivity contribution in [2.24, 2.45) is 7.05 Å². The minimum atomic E-state index is -0.621. The number of amides is 1. The number of thioether (sulfide) groups is 1. The number of hydrogen-bond acceptors (Lipinski definition) is 8. The van der Waals surface area contributed by atoms with E-state index in [9.17, 15) is 14.4 Å². The third kappa shape index (κ3) is 4.81. The average molecular weight is 487 g/mol. The lowest BCUT2D eigenvalue weighted by atomic mass is 9.94. The summed E-state index contributed by atoms with van der Waals surface area (Å²) in [7, 11) is 4.86. The number of nitrogens with zero attached hydrogens (tertiary/aromatic N) is 4. The molecule has 3 aromatic rings. The van der Waals surface area contributed by atoms with E-state index in [1.165, 1.54) is 36.6 Å². The van der Waals surface area contributed by atoms with Gasteiger partial charge in [0.2, 0.25) is 5.91 Å². The second-order valence-electron chi connectivity index (χ2n) is 8.07. The topological polar surface area (TPSA) is 94.4 Å². The zero-order valence-corrected chi connectivity index (χ0v) is 20.5. The van der Waals surface area contributed by atoms with Gasteiger partial charge in [-0.05, 0) is 30.4 Å². The first-order valence-corrected chi connectivity index (χ1v) is 12.7. The summed E-state index contributed by atoms with van der Waals surface area (Å²) >= 11 is 2.69. The first kappa shape index (κ1) is 23.4. The number of hydrogen-bond donors (Lipinski definition) is 0. The van der Waals surface area contributed by atoms with Crippen LogP contribution in [0.4, 0.5) is 0 Å². The molecule has 0 bridgehead atoms. The maximum absolute atomic E-state index is 12.9. The third-order valence-corrected chi connectivity index (χ3v) is 7.94. The van der Waals surface area contributed by atoms with Gasteiger partial charge >= 0.3 is 5.97 Å². The molecule has 1 amide bonds. The van der Waals surface area contributed by atoms with Crippen molar-refractivity contribution < 1.29 is 14.3 Å². The van der Waals surface area contributed by atoms with E-state index in [0.29, 0.717) is 16.5 Å². The van der Waals surface area contributed by atoms with Gasteiger partial charge in [0.15, 0.2) is 5.16 Å². The average Bonchev–Trinajstić information content (AvgIpc) is 3.39. The SMILES string of the molecule is COC(=O)c1cc(-c2cccs2)nc2c1c(=O)nc(SCC(=O)N(C)C1CCCCC1)n2C. The molecule has 3 heterocycles. The molecule has 3 aromatic heterocycles. The van der Waals surface area contributed by atoms with Gasteiger partial charge in [0.05, 0.1) is 34.4 Å². The van der Waals surface area contributed by atoms with E-state index in [2.05, 4.69) is 9.97 Å². The van der Waals surface area contributed by atoms with Crippen molar-refractivity contribution in [3.63, 3.8) is 0 Å². The van der Waals surface area contributed by atoms with Crippen LogP contribution in [0.2, 0.25) is 0 Å². The van der Waals surface area contributed by atoms with Gasteiger partial charge in [0.25, 0.3) is 5.56 Å². The van der Waals surface area contributed by atoms with Crippen LogP contribution in [0, 0.1) is 0 Å². The van der Waals surface area contributed by atoms with E-state index in [-0.39, 0.29) is 28.7 Å². The summed E-state index contributed by atoms with van der Waals surface area (Å²) in [6.07, 6.45) is 5.59. The summed E-state index contributed by atoms with van der Waals surface area (Å²) in [5, 5.41) is 2.41. The van der Waals surface area contributed by atoms with Crippen molar-refractivity contribution in [2.45, 2.75) is 43.3 Å². The molecule has 4 rings (SSSR count). The van der Waals surface area contributed by atoms with Crippen LogP contribution in [-0.2, 0) is 16.6 Å². The van der Waals surface area contributed by atoms with Gasteiger partial charge in [-0.3, -0.25) is 9.59 Å². The van der Waals surface area contributed by atoms with Crippen LogP contribution in [0.3, 0.4) is 0 Å². The van der Waals surface area contributed by atoms with Gasteiger partial charge in [-0.2, -0.15) is 4.98 Å². The van der Waals surface area contributed by atoms with Crippen molar-refractivity contribution in [1.82, 2.24) is 19.4 Å². The fourth-order valence-electron chi connectivity index (χ4n) is 4.14. The molecule has 0 aromatic carbocycles. The lowest BCUT2D eigenvalue weighted by Gasteiger charge is -2.31. The van der Waals surface area contributed by atoms with E-state index in [1.54, 1.807) is 17.7 Å². The Kier molecular flexibility index (Phi) is 7.14. The maximum Gasteiger partial charge on any atom is 0.338 e. The molecular formula is C23H26N4O4S2. The highest BCUT2D eigenvalue weighted by molar-refractivity contribution is 7.99. The second-order valence-corrected chi connectivity index (χ2v) is 9.96. The van der Waals surface area contributed by atoms with Crippen molar-refractivity contribution in [2.75, 3.05) is 19.9 Å². The Morgan fingerprint density at radius 3 is 2.70 bits per heavy atom. The van der Waals surface area contributed by atoms with Gasteiger partial charge < -0.3 is 14.2 Å². The van der Waals surface area contributed by atoms with Crippen LogP contribution >= 0.6 is 23.1 Å². The molecule has 0 aliphatic heterocycles. The zero-order chi connectivity index (χ0) is 23.5. The van der Waals surface area contributed by atoms with Crippen molar-refractivity contribution in [3.8, 4) is 10.6 Å². The minimum absolute atomic E-state index is 0.0109. The molecule has 10 heteroatoms. The lowest BCUT2D eigenvalue weighted by molar-refractivity contribution is -0.129. The molecule has 0 spiro atoms. The molecule has 0 unspecified atom stereocenters. The van der Waals surface area contributed by atoms with E-state index < -0.39 is 11.5 Å². The predicted octanol–water partition coefficient (Wildman–Crippen LogP) is 3.73. The summed E-state index contributed by atoms with van der Waals surface area (Å²) in [6.45, 7) is 0. The number of methoxy groups -OCH3 is 1. The Balaban J connectivity index is 1.68. The Bertz CT molecular complexity index is 1230. The highest BCUT2D eigenvalue weighted by atomic mass is 32.2. The van der Waals surface area contributed by atoms with Crippen LogP contribution in [0.25, 0.3) is 21.6 Å². The lowest BCUT2D eigenvalue weighted by Crippen LogP contribution is -2.39. The number of aryl methyl sites for hydroxylation is 1. The Hall–Kier alpha value is -2.72. The Labute approximate surface area is 200 Å². The summed E-state index contributed by atoms with van der Waals surface area (Å²) < 4.78 is 6.58. The molecule has 174 valence electrons. The molecule has 0 radical (unpaired) electrons. The van der Waals surface area contributed by atoms with Gasteiger partial charge in [-0.25, -0.2) is 9.78 Å². The number of carbonyl (C=O) groups is 2. The first-order chi connectivity index (χ1) is 15.9. The van der Waals surface area contributed by atoms with E-state index in [0.717, 1.165) is 30.6 Å². The normalized spacial score (nSPS) is 14.4. The van der Waals surface area contributed by atoms with Crippen molar-refractivity contribution in [1.29, 1.82) is 0 Å². The highest BCUT2D eigenvalue weighted by Gasteiger charge is 2.24. The molecule has 0 atom stereocenters. The van der Waals surface area contributed by atoms with E-state index in [4.69, 9.17) is 4.74 Å².